The van der Waals surface area contributed by atoms with Crippen molar-refractivity contribution in [2.75, 3.05) is 19.8 Å². The topological polar surface area (TPSA) is 85.6 Å². The number of amides is 1. The van der Waals surface area contributed by atoms with E-state index in [0.29, 0.717) is 19.4 Å². The number of Topliss-reactive ketones (excluding diaryl/α,β-unsaturated/α-hetero) is 1. The predicted molar refractivity (Wildman–Crippen MR) is 119 cm³/mol. The summed E-state index contributed by atoms with van der Waals surface area (Å²) in [5.74, 6) is 0.245. The number of allylic oxidation sites excluding steroid dienone is 1. The van der Waals surface area contributed by atoms with Crippen LogP contribution in [0.15, 0.2) is 16.8 Å². The van der Waals surface area contributed by atoms with Gasteiger partial charge in [-0.3, -0.25) is 19.3 Å². The standard InChI is InChI=1S/C24H34N4O3/c1-3-19-22-20(14-24(16-26-23(22)30)8-11-31-12-9-24)28(27-19)10-6-4-5-7-21(29)18-13-17(2)25-15-18/h15H,3-14,16H2,1-2H3,(H,26,30). The zero-order valence-electron chi connectivity index (χ0n) is 18.8. The normalized spacial score (nSPS) is 20.1. The summed E-state index contributed by atoms with van der Waals surface area (Å²) in [6, 6.07) is 0. The molecular weight excluding hydrogens is 392 g/mol. The van der Waals surface area contributed by atoms with E-state index < -0.39 is 0 Å². The summed E-state index contributed by atoms with van der Waals surface area (Å²) in [7, 11) is 0. The highest BCUT2D eigenvalue weighted by atomic mass is 16.5. The van der Waals surface area contributed by atoms with E-state index in [-0.39, 0.29) is 17.1 Å². The molecular formula is C24H34N4O3. The SMILES string of the molecule is CCc1nn(CCCCCC(=O)C2=CN=C(C)C2)c2c1C(=O)NCC1(CCOCC1)C2. The molecule has 1 fully saturated rings. The lowest BCUT2D eigenvalue weighted by Crippen LogP contribution is -2.40. The third kappa shape index (κ3) is 4.81. The number of aromatic nitrogens is 2. The number of ketones is 1. The number of nitrogens with one attached hydrogen (secondary N) is 1. The first-order valence-electron chi connectivity index (χ1n) is 11.7. The molecule has 1 amide bonds. The van der Waals surface area contributed by atoms with Crippen molar-refractivity contribution in [2.45, 2.75) is 78.2 Å². The average Bonchev–Trinajstić information content (AvgIpc) is 3.32. The number of aryl methyl sites for hydroxylation is 2. The predicted octanol–water partition coefficient (Wildman–Crippen LogP) is 3.41. The zero-order valence-corrected chi connectivity index (χ0v) is 18.8. The Morgan fingerprint density at radius 1 is 1.26 bits per heavy atom. The Kier molecular flexibility index (Phi) is 6.70. The molecule has 1 aromatic rings. The molecule has 0 unspecified atom stereocenters. The minimum absolute atomic E-state index is 0.0226. The molecule has 0 bridgehead atoms. The lowest BCUT2D eigenvalue weighted by atomic mass is 9.76. The molecule has 7 nitrogen and oxygen atoms in total. The highest BCUT2D eigenvalue weighted by molar-refractivity contribution is 6.03. The van der Waals surface area contributed by atoms with Crippen molar-refractivity contribution in [3.05, 3.63) is 28.7 Å². The monoisotopic (exact) mass is 426 g/mol. The van der Waals surface area contributed by atoms with Gasteiger partial charge in [0.25, 0.3) is 5.91 Å². The van der Waals surface area contributed by atoms with Crippen LogP contribution in [0, 0.1) is 5.41 Å². The number of carbonyl (C=O) groups is 2. The first kappa shape index (κ1) is 21.9. The molecule has 7 heteroatoms. The molecule has 0 saturated carbocycles. The molecule has 1 spiro atoms. The fraction of sp³-hybridized carbons (Fsp3) is 0.667. The second kappa shape index (κ2) is 9.47. The molecule has 1 N–H and O–H groups in total. The fourth-order valence-corrected chi connectivity index (χ4v) is 4.97. The van der Waals surface area contributed by atoms with Gasteiger partial charge >= 0.3 is 0 Å². The molecule has 0 aliphatic carbocycles. The number of fused-ring (bicyclic) bond motifs is 1. The van der Waals surface area contributed by atoms with E-state index in [0.717, 1.165) is 92.9 Å². The smallest absolute Gasteiger partial charge is 0.255 e. The maximum Gasteiger partial charge on any atom is 0.255 e. The lowest BCUT2D eigenvalue weighted by molar-refractivity contribution is -0.115. The van der Waals surface area contributed by atoms with Crippen molar-refractivity contribution in [3.8, 4) is 0 Å². The van der Waals surface area contributed by atoms with Gasteiger partial charge in [0.15, 0.2) is 5.78 Å². The van der Waals surface area contributed by atoms with Crippen LogP contribution in [-0.2, 0) is 28.9 Å². The summed E-state index contributed by atoms with van der Waals surface area (Å²) >= 11 is 0. The van der Waals surface area contributed by atoms with Crippen LogP contribution < -0.4 is 5.32 Å². The molecule has 4 rings (SSSR count). The number of rotatable bonds is 8. The van der Waals surface area contributed by atoms with Crippen LogP contribution in [0.4, 0.5) is 0 Å². The van der Waals surface area contributed by atoms with E-state index in [1.54, 1.807) is 6.20 Å². The molecule has 3 aliphatic heterocycles. The molecule has 3 aliphatic rings. The number of carbonyl (C=O) groups excluding carboxylic acids is 2. The minimum atomic E-state index is 0.0226. The summed E-state index contributed by atoms with van der Waals surface area (Å²) in [6.45, 7) is 7.04. The van der Waals surface area contributed by atoms with Crippen molar-refractivity contribution in [1.29, 1.82) is 0 Å². The second-order valence-corrected chi connectivity index (χ2v) is 9.25. The van der Waals surface area contributed by atoms with Gasteiger partial charge in [0, 0.05) is 56.6 Å². The molecule has 0 radical (unpaired) electrons. The highest BCUT2D eigenvalue weighted by Gasteiger charge is 2.39. The van der Waals surface area contributed by atoms with Gasteiger partial charge in [0.05, 0.1) is 17.0 Å². The Labute approximate surface area is 184 Å². The Morgan fingerprint density at radius 2 is 2.06 bits per heavy atom. The quantitative estimate of drug-likeness (QED) is 0.646. The van der Waals surface area contributed by atoms with E-state index in [1.807, 2.05) is 6.92 Å². The van der Waals surface area contributed by atoms with Crippen LogP contribution in [0.2, 0.25) is 0 Å². The van der Waals surface area contributed by atoms with E-state index in [9.17, 15) is 9.59 Å². The number of nitrogens with zero attached hydrogens (tertiary/aromatic N) is 3. The summed E-state index contributed by atoms with van der Waals surface area (Å²) in [5, 5.41) is 7.99. The van der Waals surface area contributed by atoms with Gasteiger partial charge in [-0.25, -0.2) is 0 Å². The van der Waals surface area contributed by atoms with Crippen molar-refractivity contribution < 1.29 is 14.3 Å². The average molecular weight is 427 g/mol. The first-order chi connectivity index (χ1) is 15.0. The van der Waals surface area contributed by atoms with Gasteiger partial charge in [-0.1, -0.05) is 13.3 Å². The van der Waals surface area contributed by atoms with Crippen LogP contribution in [0.1, 0.15) is 80.5 Å². The van der Waals surface area contributed by atoms with Crippen LogP contribution in [0.5, 0.6) is 0 Å². The summed E-state index contributed by atoms with van der Waals surface area (Å²) < 4.78 is 7.67. The molecule has 168 valence electrons. The number of ether oxygens (including phenoxy) is 1. The van der Waals surface area contributed by atoms with Crippen molar-refractivity contribution in [1.82, 2.24) is 15.1 Å². The Bertz CT molecular complexity index is 906. The fourth-order valence-electron chi connectivity index (χ4n) is 4.97. The van der Waals surface area contributed by atoms with Crippen molar-refractivity contribution >= 4 is 17.4 Å². The van der Waals surface area contributed by atoms with Crippen LogP contribution in [-0.4, -0.2) is 46.9 Å². The van der Waals surface area contributed by atoms with Gasteiger partial charge in [-0.2, -0.15) is 5.10 Å². The van der Waals surface area contributed by atoms with Crippen LogP contribution in [0.3, 0.4) is 0 Å². The van der Waals surface area contributed by atoms with Gasteiger partial charge in [-0.15, -0.1) is 0 Å². The van der Waals surface area contributed by atoms with E-state index in [4.69, 9.17) is 9.84 Å². The first-order valence-corrected chi connectivity index (χ1v) is 11.7. The van der Waals surface area contributed by atoms with E-state index in [1.165, 1.54) is 0 Å². The van der Waals surface area contributed by atoms with E-state index in [2.05, 4.69) is 21.9 Å². The number of aliphatic imine (C=N–C) groups is 1. The third-order valence-electron chi connectivity index (χ3n) is 6.93. The Balaban J connectivity index is 1.37. The van der Waals surface area contributed by atoms with Crippen LogP contribution in [0.25, 0.3) is 0 Å². The van der Waals surface area contributed by atoms with Gasteiger partial charge < -0.3 is 10.1 Å². The van der Waals surface area contributed by atoms with Gasteiger partial charge in [-0.05, 0) is 50.9 Å². The van der Waals surface area contributed by atoms with E-state index >= 15 is 0 Å². The summed E-state index contributed by atoms with van der Waals surface area (Å²) in [6.07, 6.45) is 9.39. The van der Waals surface area contributed by atoms with Gasteiger partial charge in [0.1, 0.15) is 0 Å². The van der Waals surface area contributed by atoms with Crippen molar-refractivity contribution in [2.24, 2.45) is 10.4 Å². The number of hydrogen-bond donors (Lipinski definition) is 1. The summed E-state index contributed by atoms with van der Waals surface area (Å²) in [5.41, 5.74) is 4.72. The third-order valence-corrected chi connectivity index (χ3v) is 6.93. The number of hydrogen-bond acceptors (Lipinski definition) is 5. The Morgan fingerprint density at radius 3 is 2.77 bits per heavy atom. The Hall–Kier alpha value is -2.28. The minimum Gasteiger partial charge on any atom is -0.381 e. The van der Waals surface area contributed by atoms with Crippen LogP contribution >= 0.6 is 0 Å². The lowest BCUT2D eigenvalue weighted by Gasteiger charge is -2.36. The molecule has 1 saturated heterocycles. The molecule has 1 aromatic heterocycles. The molecule has 31 heavy (non-hydrogen) atoms. The molecule has 4 heterocycles. The number of unbranched alkanes of at least 4 members (excludes halogenated alkanes) is 2. The zero-order chi connectivity index (χ0) is 21.8. The maximum absolute atomic E-state index is 12.9. The molecule has 0 aromatic carbocycles. The highest BCUT2D eigenvalue weighted by Crippen LogP contribution is 2.37. The van der Waals surface area contributed by atoms with Crippen molar-refractivity contribution in [3.63, 3.8) is 0 Å². The van der Waals surface area contributed by atoms with Gasteiger partial charge in [0.2, 0.25) is 0 Å². The largest absolute Gasteiger partial charge is 0.381 e. The summed E-state index contributed by atoms with van der Waals surface area (Å²) in [4.78, 5) is 29.4. The second-order valence-electron chi connectivity index (χ2n) is 9.25. The maximum atomic E-state index is 12.9. The molecule has 0 atom stereocenters.